The van der Waals surface area contributed by atoms with E-state index >= 15 is 0 Å². The van der Waals surface area contributed by atoms with Gasteiger partial charge in [0.1, 0.15) is 28.6 Å². The second-order valence-electron chi connectivity index (χ2n) is 14.3. The molecule has 0 spiro atoms. The van der Waals surface area contributed by atoms with E-state index in [0.717, 1.165) is 25.3 Å². The van der Waals surface area contributed by atoms with Crippen molar-refractivity contribution in [1.82, 2.24) is 0 Å². The fourth-order valence-electron chi connectivity index (χ4n) is 6.65. The van der Waals surface area contributed by atoms with E-state index in [-0.39, 0.29) is 35.5 Å². The number of phenols is 3. The van der Waals surface area contributed by atoms with Crippen molar-refractivity contribution in [1.29, 1.82) is 0 Å². The summed E-state index contributed by atoms with van der Waals surface area (Å²) < 4.78 is 0. The third kappa shape index (κ3) is 8.88. The lowest BCUT2D eigenvalue weighted by molar-refractivity contribution is -0.144. The van der Waals surface area contributed by atoms with Crippen molar-refractivity contribution in [3.05, 3.63) is 28.5 Å². The molecule has 0 heterocycles. The number of allylic oxidation sites excluding steroid dienone is 2. The lowest BCUT2D eigenvalue weighted by Gasteiger charge is -2.41. The number of carbonyl (C=O) groups excluding carboxylic acids is 3. The highest BCUT2D eigenvalue weighted by Crippen LogP contribution is 2.52. The second kappa shape index (κ2) is 16.5. The predicted octanol–water partition coefficient (Wildman–Crippen LogP) is 9.61. The standard InChI is InChI=1S/C37H58O7/c1-8-9-10-11-12-13-14-15-16-17-18-19-20-21-26(38)31-28(40)23-27(39)29(32(31)41)25(22-24(2)3)30-33(42)36(4,5)35(44)37(6,7)34(30)43/h23-25,39-42H,8-22H2,1-7H3/t25-/m1/s1. The maximum atomic E-state index is 13.7. The Labute approximate surface area is 265 Å². The molecule has 1 aliphatic rings. The lowest BCUT2D eigenvalue weighted by Crippen LogP contribution is -2.49. The molecule has 7 heteroatoms. The van der Waals surface area contributed by atoms with Crippen LogP contribution < -0.4 is 0 Å². The van der Waals surface area contributed by atoms with Gasteiger partial charge in [-0.3, -0.25) is 14.4 Å². The highest BCUT2D eigenvalue weighted by Gasteiger charge is 2.55. The van der Waals surface area contributed by atoms with Gasteiger partial charge in [0.15, 0.2) is 17.3 Å². The minimum absolute atomic E-state index is 0.0468. The van der Waals surface area contributed by atoms with Crippen LogP contribution in [0.3, 0.4) is 0 Å². The first-order valence-electron chi connectivity index (χ1n) is 16.9. The normalized spacial score (nSPS) is 17.0. The smallest absolute Gasteiger partial charge is 0.175 e. The summed E-state index contributed by atoms with van der Waals surface area (Å²) in [4.78, 5) is 40.1. The third-order valence-electron chi connectivity index (χ3n) is 9.28. The van der Waals surface area contributed by atoms with Crippen LogP contribution in [0.5, 0.6) is 17.2 Å². The van der Waals surface area contributed by atoms with E-state index in [1.54, 1.807) is 13.8 Å². The molecule has 0 unspecified atom stereocenters. The third-order valence-corrected chi connectivity index (χ3v) is 9.28. The Morgan fingerprint density at radius 1 is 0.727 bits per heavy atom. The summed E-state index contributed by atoms with van der Waals surface area (Å²) >= 11 is 0. The lowest BCUT2D eigenvalue weighted by atomic mass is 9.60. The summed E-state index contributed by atoms with van der Waals surface area (Å²) in [6, 6.07) is 1.02. The van der Waals surface area contributed by atoms with E-state index in [2.05, 4.69) is 6.92 Å². The summed E-state index contributed by atoms with van der Waals surface area (Å²) in [5.41, 5.74) is -3.24. The van der Waals surface area contributed by atoms with Crippen molar-refractivity contribution in [3.63, 3.8) is 0 Å². The summed E-state index contributed by atoms with van der Waals surface area (Å²) in [5, 5.41) is 44.3. The molecule has 1 aromatic carbocycles. The Hall–Kier alpha value is -2.83. The number of aliphatic hydroxyl groups is 1. The number of hydrogen-bond acceptors (Lipinski definition) is 7. The summed E-state index contributed by atoms with van der Waals surface area (Å²) in [6.45, 7) is 12.2. The largest absolute Gasteiger partial charge is 0.511 e. The van der Waals surface area contributed by atoms with Crippen molar-refractivity contribution in [3.8, 4) is 17.2 Å². The topological polar surface area (TPSA) is 132 Å². The zero-order valence-electron chi connectivity index (χ0n) is 28.4. The fraction of sp³-hybridized carbons (Fsp3) is 0.703. The van der Waals surface area contributed by atoms with E-state index < -0.39 is 57.1 Å². The van der Waals surface area contributed by atoms with Gasteiger partial charge in [0.05, 0.1) is 10.8 Å². The Balaban J connectivity index is 2.17. The maximum absolute atomic E-state index is 13.7. The molecule has 0 saturated carbocycles. The molecule has 4 N–H and O–H groups in total. The minimum atomic E-state index is -1.44. The molecule has 0 fully saturated rings. The van der Waals surface area contributed by atoms with Gasteiger partial charge in [-0.05, 0) is 46.5 Å². The average molecular weight is 615 g/mol. The minimum Gasteiger partial charge on any atom is -0.511 e. The number of carbonyl (C=O) groups is 3. The van der Waals surface area contributed by atoms with Crippen LogP contribution in [-0.4, -0.2) is 37.8 Å². The summed E-state index contributed by atoms with van der Waals surface area (Å²) in [7, 11) is 0. The van der Waals surface area contributed by atoms with Crippen LogP contribution in [0, 0.1) is 16.7 Å². The van der Waals surface area contributed by atoms with Crippen molar-refractivity contribution in [2.75, 3.05) is 0 Å². The molecular formula is C37H58O7. The second-order valence-corrected chi connectivity index (χ2v) is 14.3. The molecule has 1 atom stereocenters. The maximum Gasteiger partial charge on any atom is 0.175 e. The fourth-order valence-corrected chi connectivity index (χ4v) is 6.65. The first-order valence-corrected chi connectivity index (χ1v) is 16.9. The van der Waals surface area contributed by atoms with Crippen LogP contribution in [0.4, 0.5) is 0 Å². The Morgan fingerprint density at radius 2 is 1.20 bits per heavy atom. The van der Waals surface area contributed by atoms with Gasteiger partial charge in [0.2, 0.25) is 0 Å². The molecule has 0 amide bonds. The quantitative estimate of drug-likeness (QED) is 0.0693. The summed E-state index contributed by atoms with van der Waals surface area (Å²) in [6.07, 6.45) is 15.6. The van der Waals surface area contributed by atoms with Gasteiger partial charge in [0.25, 0.3) is 0 Å². The molecule has 44 heavy (non-hydrogen) atoms. The van der Waals surface area contributed by atoms with Crippen molar-refractivity contribution in [2.45, 2.75) is 151 Å². The predicted molar refractivity (Wildman–Crippen MR) is 176 cm³/mol. The SMILES string of the molecule is CCCCCCCCCCCCCCCC(=O)c1c(O)cc(O)c([C@@H](CC(C)C)C2=C(O)C(C)(C)C(=O)C(C)(C)C2=O)c1O. The van der Waals surface area contributed by atoms with Crippen molar-refractivity contribution >= 4 is 17.3 Å². The first-order chi connectivity index (χ1) is 20.6. The van der Waals surface area contributed by atoms with Gasteiger partial charge in [-0.25, -0.2) is 0 Å². The highest BCUT2D eigenvalue weighted by molar-refractivity contribution is 6.19. The van der Waals surface area contributed by atoms with Crippen LogP contribution >= 0.6 is 0 Å². The Morgan fingerprint density at radius 3 is 1.68 bits per heavy atom. The van der Waals surface area contributed by atoms with Gasteiger partial charge in [-0.15, -0.1) is 0 Å². The van der Waals surface area contributed by atoms with E-state index in [9.17, 15) is 34.8 Å². The monoisotopic (exact) mass is 614 g/mol. The Kier molecular flexibility index (Phi) is 14.0. The molecule has 0 saturated heterocycles. The number of benzene rings is 1. The zero-order chi connectivity index (χ0) is 33.2. The molecule has 1 aromatic rings. The number of phenolic OH excluding ortho intramolecular Hbond substituents is 3. The molecule has 1 aliphatic carbocycles. The summed E-state index contributed by atoms with van der Waals surface area (Å²) in [5.74, 6) is -4.51. The number of ketones is 3. The number of Topliss-reactive ketones (excluding diaryl/α,β-unsaturated/α-hetero) is 3. The van der Waals surface area contributed by atoms with Gasteiger partial charge >= 0.3 is 0 Å². The average Bonchev–Trinajstić information content (AvgIpc) is 2.93. The molecule has 0 aliphatic heterocycles. The number of aromatic hydroxyl groups is 3. The zero-order valence-corrected chi connectivity index (χ0v) is 28.4. The number of hydrogen-bond donors (Lipinski definition) is 4. The number of aliphatic hydroxyl groups excluding tert-OH is 1. The molecule has 0 radical (unpaired) electrons. The van der Waals surface area contributed by atoms with Crippen LogP contribution in [-0.2, 0) is 9.59 Å². The number of unbranched alkanes of at least 4 members (excludes halogenated alkanes) is 12. The molecule has 248 valence electrons. The van der Waals surface area contributed by atoms with E-state index in [1.807, 2.05) is 13.8 Å². The van der Waals surface area contributed by atoms with Crippen LogP contribution in [0.25, 0.3) is 0 Å². The van der Waals surface area contributed by atoms with Gasteiger partial charge in [0, 0.05) is 29.5 Å². The molecule has 0 bridgehead atoms. The Bertz CT molecular complexity index is 1190. The molecule has 7 nitrogen and oxygen atoms in total. The van der Waals surface area contributed by atoms with Crippen LogP contribution in [0.1, 0.15) is 167 Å². The van der Waals surface area contributed by atoms with Gasteiger partial charge in [-0.1, -0.05) is 97.8 Å². The van der Waals surface area contributed by atoms with Crippen LogP contribution in [0.2, 0.25) is 0 Å². The number of rotatable bonds is 19. The van der Waals surface area contributed by atoms with E-state index in [0.29, 0.717) is 6.42 Å². The highest BCUT2D eigenvalue weighted by atomic mass is 16.3. The van der Waals surface area contributed by atoms with Crippen LogP contribution in [0.15, 0.2) is 17.4 Å². The van der Waals surface area contributed by atoms with E-state index in [1.165, 1.54) is 71.6 Å². The first kappa shape index (κ1) is 37.4. The molecule has 2 rings (SSSR count). The van der Waals surface area contributed by atoms with Crippen molar-refractivity contribution < 1.29 is 34.8 Å². The van der Waals surface area contributed by atoms with Crippen molar-refractivity contribution in [2.24, 2.45) is 16.7 Å². The molecular weight excluding hydrogens is 556 g/mol. The molecule has 0 aromatic heterocycles. The van der Waals surface area contributed by atoms with E-state index in [4.69, 9.17) is 0 Å². The van der Waals surface area contributed by atoms with Gasteiger partial charge in [-0.2, -0.15) is 0 Å². The van der Waals surface area contributed by atoms with Gasteiger partial charge < -0.3 is 20.4 Å².